The first-order valence-electron chi connectivity index (χ1n) is 11.6. The van der Waals surface area contributed by atoms with Crippen molar-refractivity contribution < 1.29 is 33.8 Å². The summed E-state index contributed by atoms with van der Waals surface area (Å²) in [5.41, 5.74) is 0. The van der Waals surface area contributed by atoms with Crippen molar-refractivity contribution >= 4 is 11.9 Å². The van der Waals surface area contributed by atoms with Gasteiger partial charge in [-0.2, -0.15) is 0 Å². The molecule has 0 saturated carbocycles. The molecule has 0 bridgehead atoms. The number of hydrogen-bond acceptors (Lipinski definition) is 6. The highest BCUT2D eigenvalue weighted by molar-refractivity contribution is 5.69. The number of carboxylic acid groups (broad SMARTS) is 1. The topological polar surface area (TPSA) is 95.9 Å². The predicted molar refractivity (Wildman–Crippen MR) is 125 cm³/mol. The fourth-order valence-electron chi connectivity index (χ4n) is 2.90. The zero-order valence-electron chi connectivity index (χ0n) is 20.3. The molecule has 7 nitrogen and oxygen atoms in total. The summed E-state index contributed by atoms with van der Waals surface area (Å²) in [6, 6.07) is -0.691. The van der Waals surface area contributed by atoms with E-state index in [1.54, 1.807) is 21.1 Å². The second-order valence-corrected chi connectivity index (χ2v) is 8.69. The van der Waals surface area contributed by atoms with Crippen molar-refractivity contribution in [3.8, 4) is 0 Å². The van der Waals surface area contributed by atoms with Crippen molar-refractivity contribution in [1.82, 2.24) is 0 Å². The molecule has 0 aliphatic heterocycles. The van der Waals surface area contributed by atoms with E-state index in [4.69, 9.17) is 9.47 Å². The quantitative estimate of drug-likeness (QED) is 0.140. The van der Waals surface area contributed by atoms with Crippen LogP contribution in [0, 0.1) is 0 Å². The fraction of sp³-hybridized carbons (Fsp3) is 0.680. The number of rotatable bonds is 19. The fourth-order valence-corrected chi connectivity index (χ4v) is 2.90. The van der Waals surface area contributed by atoms with E-state index in [1.165, 1.54) is 0 Å². The molecule has 0 radical (unpaired) electrons. The highest BCUT2D eigenvalue weighted by Gasteiger charge is 2.24. The number of carboxylic acids is 1. The Bertz CT molecular complexity index is 592. The number of likely N-dealkylation sites (N-methyl/N-ethyl adjacent to an activating group) is 1. The molecule has 0 aliphatic carbocycles. The number of ether oxygens (including phenoxy) is 2. The Hall–Kier alpha value is -1.96. The maximum Gasteiger partial charge on any atom is 0.305 e. The number of aliphatic hydroxyl groups is 1. The number of carbonyl (C=O) groups is 2. The van der Waals surface area contributed by atoms with Gasteiger partial charge in [0.05, 0.1) is 40.3 Å². The summed E-state index contributed by atoms with van der Waals surface area (Å²) in [5, 5.41) is 21.0. The van der Waals surface area contributed by atoms with Crippen LogP contribution in [0.3, 0.4) is 0 Å². The van der Waals surface area contributed by atoms with Crippen LogP contribution in [0.15, 0.2) is 36.5 Å². The molecule has 0 saturated heterocycles. The van der Waals surface area contributed by atoms with Crippen molar-refractivity contribution in [3.05, 3.63) is 36.5 Å². The maximum absolute atomic E-state index is 11.8. The van der Waals surface area contributed by atoms with E-state index in [1.807, 2.05) is 0 Å². The molecule has 0 aromatic rings. The van der Waals surface area contributed by atoms with Gasteiger partial charge >= 0.3 is 5.97 Å². The largest absolute Gasteiger partial charge is 0.544 e. The van der Waals surface area contributed by atoms with Crippen molar-refractivity contribution in [1.29, 1.82) is 0 Å². The number of quaternary nitrogens is 1. The lowest BCUT2D eigenvalue weighted by Crippen LogP contribution is -2.55. The molecule has 32 heavy (non-hydrogen) atoms. The Labute approximate surface area is 194 Å². The van der Waals surface area contributed by atoms with Gasteiger partial charge in [0.2, 0.25) is 0 Å². The summed E-state index contributed by atoms with van der Waals surface area (Å²) in [6.07, 6.45) is 18.1. The maximum atomic E-state index is 11.8. The summed E-state index contributed by atoms with van der Waals surface area (Å²) in [5.74, 6) is -1.46. The van der Waals surface area contributed by atoms with E-state index < -0.39 is 18.1 Å². The Morgan fingerprint density at radius 1 is 0.969 bits per heavy atom. The SMILES string of the molecule is CC/C=C/C/C=C/C/C=C/CCCCC(=O)OCC(O)COCCC(C(=O)[O-])[N+](C)(C)C. The summed E-state index contributed by atoms with van der Waals surface area (Å²) < 4.78 is 10.6. The Morgan fingerprint density at radius 3 is 2.19 bits per heavy atom. The number of hydrogen-bond donors (Lipinski definition) is 1. The molecule has 0 heterocycles. The number of esters is 1. The van der Waals surface area contributed by atoms with Crippen LogP contribution in [-0.4, -0.2) is 74.6 Å². The predicted octanol–water partition coefficient (Wildman–Crippen LogP) is 2.54. The molecule has 7 heteroatoms. The zero-order valence-corrected chi connectivity index (χ0v) is 20.3. The van der Waals surface area contributed by atoms with E-state index in [2.05, 4.69) is 43.4 Å². The van der Waals surface area contributed by atoms with Gasteiger partial charge in [0, 0.05) is 12.8 Å². The van der Waals surface area contributed by atoms with E-state index in [-0.39, 0.29) is 36.7 Å². The van der Waals surface area contributed by atoms with E-state index >= 15 is 0 Å². The van der Waals surface area contributed by atoms with Crippen LogP contribution < -0.4 is 5.11 Å². The third-order valence-electron chi connectivity index (χ3n) is 4.77. The molecule has 0 amide bonds. The van der Waals surface area contributed by atoms with Gasteiger partial charge in [-0.15, -0.1) is 0 Å². The first-order chi connectivity index (χ1) is 15.2. The number of unbranched alkanes of at least 4 members (excludes halogenated alkanes) is 2. The Balaban J connectivity index is 3.74. The van der Waals surface area contributed by atoms with Gasteiger partial charge in [-0.3, -0.25) is 4.79 Å². The Kier molecular flexibility index (Phi) is 17.5. The minimum Gasteiger partial charge on any atom is -0.544 e. The van der Waals surface area contributed by atoms with Crippen LogP contribution in [0.25, 0.3) is 0 Å². The van der Waals surface area contributed by atoms with Gasteiger partial charge < -0.3 is 29.0 Å². The van der Waals surface area contributed by atoms with E-state index in [0.717, 1.165) is 38.5 Å². The van der Waals surface area contributed by atoms with Gasteiger partial charge in [-0.05, 0) is 38.5 Å². The average Bonchev–Trinajstić information content (AvgIpc) is 2.71. The average molecular weight is 454 g/mol. The molecule has 0 aromatic carbocycles. The van der Waals surface area contributed by atoms with Crippen molar-refractivity contribution in [3.63, 3.8) is 0 Å². The van der Waals surface area contributed by atoms with Gasteiger partial charge in [0.15, 0.2) is 0 Å². The van der Waals surface area contributed by atoms with E-state index in [9.17, 15) is 19.8 Å². The Morgan fingerprint density at radius 2 is 1.59 bits per heavy atom. The number of nitrogens with zero attached hydrogens (tertiary/aromatic N) is 1. The lowest BCUT2D eigenvalue weighted by atomic mass is 10.1. The monoisotopic (exact) mass is 453 g/mol. The van der Waals surface area contributed by atoms with Gasteiger partial charge in [0.1, 0.15) is 18.8 Å². The second kappa shape index (κ2) is 18.6. The number of allylic oxidation sites excluding steroid dienone is 6. The number of aliphatic carboxylic acids is 1. The zero-order chi connectivity index (χ0) is 24.2. The molecule has 0 aliphatic rings. The lowest BCUT2D eigenvalue weighted by molar-refractivity contribution is -0.889. The molecule has 184 valence electrons. The first kappa shape index (κ1) is 30.0. The smallest absolute Gasteiger partial charge is 0.305 e. The highest BCUT2D eigenvalue weighted by Crippen LogP contribution is 2.07. The van der Waals surface area contributed by atoms with Crippen LogP contribution in [0.4, 0.5) is 0 Å². The molecular formula is C25H43NO6. The van der Waals surface area contributed by atoms with Crippen LogP contribution >= 0.6 is 0 Å². The summed E-state index contributed by atoms with van der Waals surface area (Å²) in [4.78, 5) is 22.9. The third-order valence-corrected chi connectivity index (χ3v) is 4.77. The summed E-state index contributed by atoms with van der Waals surface area (Å²) in [7, 11) is 5.32. The summed E-state index contributed by atoms with van der Waals surface area (Å²) >= 11 is 0. The van der Waals surface area contributed by atoms with Gasteiger partial charge in [-0.1, -0.05) is 43.4 Å². The van der Waals surface area contributed by atoms with Crippen LogP contribution in [0.1, 0.15) is 58.3 Å². The number of aliphatic hydroxyl groups excluding tert-OH is 1. The normalized spacial score (nSPS) is 14.4. The molecule has 0 rings (SSSR count). The molecule has 0 fully saturated rings. The van der Waals surface area contributed by atoms with Gasteiger partial charge in [-0.25, -0.2) is 0 Å². The molecule has 1 N–H and O–H groups in total. The van der Waals surface area contributed by atoms with Crippen LogP contribution in [-0.2, 0) is 19.1 Å². The van der Waals surface area contributed by atoms with Crippen molar-refractivity contribution in [2.24, 2.45) is 0 Å². The van der Waals surface area contributed by atoms with E-state index in [0.29, 0.717) is 6.42 Å². The third kappa shape index (κ3) is 17.7. The minimum atomic E-state index is -1.13. The van der Waals surface area contributed by atoms with Crippen LogP contribution in [0.5, 0.6) is 0 Å². The number of carbonyl (C=O) groups excluding carboxylic acids is 2. The van der Waals surface area contributed by atoms with Crippen LogP contribution in [0.2, 0.25) is 0 Å². The second-order valence-electron chi connectivity index (χ2n) is 8.69. The van der Waals surface area contributed by atoms with Gasteiger partial charge in [0.25, 0.3) is 0 Å². The molecule has 0 aromatic heterocycles. The van der Waals surface area contributed by atoms with Crippen molar-refractivity contribution in [2.45, 2.75) is 70.4 Å². The highest BCUT2D eigenvalue weighted by atomic mass is 16.5. The summed E-state index contributed by atoms with van der Waals surface area (Å²) in [6.45, 7) is 2.16. The molecule has 0 spiro atoms. The first-order valence-corrected chi connectivity index (χ1v) is 11.6. The van der Waals surface area contributed by atoms with Crippen molar-refractivity contribution in [2.75, 3.05) is 41.0 Å². The molecular weight excluding hydrogens is 410 g/mol. The minimum absolute atomic E-state index is 0.0156. The lowest BCUT2D eigenvalue weighted by Gasteiger charge is -2.34. The standard InChI is InChI=1S/C25H43NO6/c1-5-6-7-8-9-10-11-12-13-14-15-16-17-24(28)32-21-22(27)20-31-19-18-23(25(29)30)26(2,3)4/h6-7,9-10,12-13,22-23,27H,5,8,11,14-21H2,1-4H3/b7-6+,10-9+,13-12+. The molecule has 2 atom stereocenters. The molecule has 2 unspecified atom stereocenters.